The molecule has 0 aliphatic heterocycles. The summed E-state index contributed by atoms with van der Waals surface area (Å²) in [5.74, 6) is -0.447. The molecule has 0 spiro atoms. The first-order valence-electron chi connectivity index (χ1n) is 5.51. The highest BCUT2D eigenvalue weighted by atomic mass is 16.5. The number of carbonyl (C=O) groups excluding carboxylic acids is 1. The van der Waals surface area contributed by atoms with Gasteiger partial charge in [0.2, 0.25) is 0 Å². The molecule has 1 aromatic heterocycles. The second-order valence-electron chi connectivity index (χ2n) is 3.83. The van der Waals surface area contributed by atoms with Crippen LogP contribution in [-0.2, 0) is 4.74 Å². The Morgan fingerprint density at radius 1 is 1.11 bits per heavy atom. The van der Waals surface area contributed by atoms with Crippen molar-refractivity contribution in [3.8, 4) is 5.69 Å². The van der Waals surface area contributed by atoms with E-state index in [1.165, 1.54) is 23.8 Å². The van der Waals surface area contributed by atoms with Crippen LogP contribution in [0.4, 0.5) is 0 Å². The lowest BCUT2D eigenvalue weighted by Gasteiger charge is -2.12. The molecule has 0 aliphatic rings. The lowest BCUT2D eigenvalue weighted by molar-refractivity contribution is 0.0599. The second kappa shape index (κ2) is 4.87. The van der Waals surface area contributed by atoms with Gasteiger partial charge in [-0.15, -0.1) is 0 Å². The summed E-state index contributed by atoms with van der Waals surface area (Å²) >= 11 is 0. The third-order valence-corrected chi connectivity index (χ3v) is 2.76. The molecular weight excluding hydrogens is 230 g/mol. The number of carbonyl (C=O) groups is 1. The molecule has 0 bridgehead atoms. The van der Waals surface area contributed by atoms with Crippen LogP contribution in [-0.4, -0.2) is 17.6 Å². The fourth-order valence-electron chi connectivity index (χ4n) is 1.86. The van der Waals surface area contributed by atoms with Crippen LogP contribution < -0.4 is 5.56 Å². The minimum atomic E-state index is -0.447. The maximum atomic E-state index is 11.9. The summed E-state index contributed by atoms with van der Waals surface area (Å²) in [4.78, 5) is 23.5. The van der Waals surface area contributed by atoms with Crippen LogP contribution in [0.15, 0.2) is 47.3 Å². The number of methoxy groups -OCH3 is 1. The first-order valence-corrected chi connectivity index (χ1v) is 5.51. The summed E-state index contributed by atoms with van der Waals surface area (Å²) < 4.78 is 6.19. The zero-order valence-electron chi connectivity index (χ0n) is 10.2. The van der Waals surface area contributed by atoms with Gasteiger partial charge < -0.3 is 4.74 Å². The van der Waals surface area contributed by atoms with Gasteiger partial charge in [0.25, 0.3) is 5.56 Å². The Morgan fingerprint density at radius 2 is 1.78 bits per heavy atom. The molecule has 0 aliphatic carbocycles. The lowest BCUT2D eigenvalue weighted by atomic mass is 10.2. The van der Waals surface area contributed by atoms with Crippen LogP contribution in [0, 0.1) is 6.92 Å². The summed E-state index contributed by atoms with van der Waals surface area (Å²) in [7, 11) is 1.32. The van der Waals surface area contributed by atoms with Gasteiger partial charge in [-0.25, -0.2) is 4.79 Å². The summed E-state index contributed by atoms with van der Waals surface area (Å²) in [5, 5.41) is 0. The molecule has 1 aromatic carbocycles. The van der Waals surface area contributed by atoms with Crippen molar-refractivity contribution in [1.82, 2.24) is 4.57 Å². The van der Waals surface area contributed by atoms with Crippen molar-refractivity contribution in [2.75, 3.05) is 7.11 Å². The number of aromatic nitrogens is 1. The molecule has 18 heavy (non-hydrogen) atoms. The number of hydrogen-bond donors (Lipinski definition) is 0. The largest absolute Gasteiger partial charge is 0.465 e. The van der Waals surface area contributed by atoms with Crippen LogP contribution in [0.2, 0.25) is 0 Å². The Labute approximate surface area is 104 Å². The predicted molar refractivity (Wildman–Crippen MR) is 68.1 cm³/mol. The number of rotatable bonds is 2. The quantitative estimate of drug-likeness (QED) is 0.757. The smallest absolute Gasteiger partial charge is 0.339 e. The van der Waals surface area contributed by atoms with Crippen LogP contribution in [0.5, 0.6) is 0 Å². The third-order valence-electron chi connectivity index (χ3n) is 2.76. The van der Waals surface area contributed by atoms with Crippen molar-refractivity contribution >= 4 is 5.97 Å². The van der Waals surface area contributed by atoms with Crippen molar-refractivity contribution in [2.45, 2.75) is 6.92 Å². The molecule has 0 N–H and O–H groups in total. The van der Waals surface area contributed by atoms with Crippen molar-refractivity contribution in [3.05, 3.63) is 64.1 Å². The Kier molecular flexibility index (Phi) is 3.28. The topological polar surface area (TPSA) is 48.3 Å². The SMILES string of the molecule is COC(=O)c1ccc(=O)n(-c2ccccc2)c1C. The highest BCUT2D eigenvalue weighted by molar-refractivity contribution is 5.90. The van der Waals surface area contributed by atoms with E-state index in [4.69, 9.17) is 4.74 Å². The minimum Gasteiger partial charge on any atom is -0.465 e. The molecule has 2 aromatic rings. The molecule has 92 valence electrons. The molecule has 0 atom stereocenters. The Balaban J connectivity index is 2.68. The molecule has 0 unspecified atom stereocenters. The average Bonchev–Trinajstić information content (AvgIpc) is 2.39. The molecule has 1 heterocycles. The molecule has 4 heteroatoms. The summed E-state index contributed by atoms with van der Waals surface area (Å²) in [6.07, 6.45) is 0. The van der Waals surface area contributed by atoms with Crippen molar-refractivity contribution in [2.24, 2.45) is 0 Å². The van der Waals surface area contributed by atoms with E-state index in [0.717, 1.165) is 5.69 Å². The third kappa shape index (κ3) is 2.05. The maximum absolute atomic E-state index is 11.9. The van der Waals surface area contributed by atoms with E-state index in [9.17, 15) is 9.59 Å². The van der Waals surface area contributed by atoms with Gasteiger partial charge in [0.1, 0.15) is 0 Å². The normalized spacial score (nSPS) is 10.1. The molecule has 0 saturated heterocycles. The van der Waals surface area contributed by atoms with E-state index in [-0.39, 0.29) is 5.56 Å². The number of esters is 1. The number of para-hydroxylation sites is 1. The van der Waals surface area contributed by atoms with E-state index >= 15 is 0 Å². The van der Waals surface area contributed by atoms with Gasteiger partial charge in [-0.2, -0.15) is 0 Å². The van der Waals surface area contributed by atoms with Crippen molar-refractivity contribution < 1.29 is 9.53 Å². The zero-order valence-corrected chi connectivity index (χ0v) is 10.2. The van der Waals surface area contributed by atoms with Gasteiger partial charge in [-0.1, -0.05) is 18.2 Å². The Hall–Kier alpha value is -2.36. The van der Waals surface area contributed by atoms with Crippen LogP contribution in [0.1, 0.15) is 16.1 Å². The molecular formula is C14H13NO3. The molecule has 0 fully saturated rings. The Bertz CT molecular complexity index is 629. The van der Waals surface area contributed by atoms with Gasteiger partial charge in [-0.05, 0) is 25.1 Å². The number of benzene rings is 1. The van der Waals surface area contributed by atoms with Gasteiger partial charge in [0, 0.05) is 17.4 Å². The maximum Gasteiger partial charge on any atom is 0.339 e. The molecule has 4 nitrogen and oxygen atoms in total. The van der Waals surface area contributed by atoms with Gasteiger partial charge in [0.15, 0.2) is 0 Å². The second-order valence-corrected chi connectivity index (χ2v) is 3.83. The molecule has 0 radical (unpaired) electrons. The van der Waals surface area contributed by atoms with E-state index in [1.807, 2.05) is 30.3 Å². The van der Waals surface area contributed by atoms with Gasteiger partial charge >= 0.3 is 5.97 Å². The van der Waals surface area contributed by atoms with E-state index in [0.29, 0.717) is 11.3 Å². The average molecular weight is 243 g/mol. The molecule has 2 rings (SSSR count). The molecule has 0 amide bonds. The fraction of sp³-hybridized carbons (Fsp3) is 0.143. The monoisotopic (exact) mass is 243 g/mol. The van der Waals surface area contributed by atoms with Gasteiger partial charge in [-0.3, -0.25) is 9.36 Å². The van der Waals surface area contributed by atoms with E-state index in [1.54, 1.807) is 6.92 Å². The Morgan fingerprint density at radius 3 is 2.39 bits per heavy atom. The summed E-state index contributed by atoms with van der Waals surface area (Å²) in [5.41, 5.74) is 1.51. The first-order chi connectivity index (χ1) is 8.65. The van der Waals surface area contributed by atoms with Crippen LogP contribution in [0.25, 0.3) is 5.69 Å². The predicted octanol–water partition coefficient (Wildman–Crippen LogP) is 1.93. The molecule has 0 saturated carbocycles. The van der Waals surface area contributed by atoms with E-state index in [2.05, 4.69) is 0 Å². The minimum absolute atomic E-state index is 0.175. The summed E-state index contributed by atoms with van der Waals surface area (Å²) in [6, 6.07) is 12.0. The lowest BCUT2D eigenvalue weighted by Crippen LogP contribution is -2.22. The number of nitrogens with zero attached hydrogens (tertiary/aromatic N) is 1. The highest BCUT2D eigenvalue weighted by Gasteiger charge is 2.13. The number of hydrogen-bond acceptors (Lipinski definition) is 3. The number of pyridine rings is 1. The highest BCUT2D eigenvalue weighted by Crippen LogP contribution is 2.12. The standard InChI is InChI=1S/C14H13NO3/c1-10-12(14(17)18-2)8-9-13(16)15(10)11-6-4-3-5-7-11/h3-9H,1-2H3. The van der Waals surface area contributed by atoms with Crippen molar-refractivity contribution in [3.63, 3.8) is 0 Å². The van der Waals surface area contributed by atoms with Crippen LogP contribution in [0.3, 0.4) is 0 Å². The zero-order chi connectivity index (χ0) is 13.1. The fourth-order valence-corrected chi connectivity index (χ4v) is 1.86. The van der Waals surface area contributed by atoms with Crippen molar-refractivity contribution in [1.29, 1.82) is 0 Å². The van der Waals surface area contributed by atoms with E-state index < -0.39 is 5.97 Å². The van der Waals surface area contributed by atoms with Gasteiger partial charge in [0.05, 0.1) is 12.7 Å². The number of ether oxygens (including phenoxy) is 1. The summed E-state index contributed by atoms with van der Waals surface area (Å²) in [6.45, 7) is 1.72. The van der Waals surface area contributed by atoms with Crippen LogP contribution >= 0.6 is 0 Å². The first kappa shape index (κ1) is 12.1.